The summed E-state index contributed by atoms with van der Waals surface area (Å²) in [6.45, 7) is 1.45. The van der Waals surface area contributed by atoms with E-state index >= 15 is 0 Å². The van der Waals surface area contributed by atoms with E-state index in [4.69, 9.17) is 0 Å². The highest BCUT2D eigenvalue weighted by atomic mass is 19.3. The van der Waals surface area contributed by atoms with Gasteiger partial charge in [-0.1, -0.05) is 12.1 Å². The van der Waals surface area contributed by atoms with Crippen LogP contribution in [0.1, 0.15) is 24.9 Å². The van der Waals surface area contributed by atoms with Gasteiger partial charge in [-0.05, 0) is 38.1 Å². The summed E-state index contributed by atoms with van der Waals surface area (Å²) < 4.78 is 28.5. The fourth-order valence-corrected chi connectivity index (χ4v) is 2.51. The third-order valence-electron chi connectivity index (χ3n) is 3.76. The van der Waals surface area contributed by atoms with Gasteiger partial charge < -0.3 is 10.1 Å². The molecule has 1 fully saturated rings. The van der Waals surface area contributed by atoms with Crippen LogP contribution in [0.25, 0.3) is 0 Å². The van der Waals surface area contributed by atoms with Crippen LogP contribution in [0.2, 0.25) is 0 Å². The van der Waals surface area contributed by atoms with Crippen molar-refractivity contribution in [1.29, 1.82) is 0 Å². The Morgan fingerprint density at radius 2 is 2.00 bits per heavy atom. The minimum absolute atomic E-state index is 0.209. The molecule has 19 heavy (non-hydrogen) atoms. The third kappa shape index (κ3) is 3.64. The third-order valence-corrected chi connectivity index (χ3v) is 3.76. The zero-order valence-electron chi connectivity index (χ0n) is 11.3. The molecule has 5 heteroatoms. The predicted octanol–water partition coefficient (Wildman–Crippen LogP) is 2.64. The zero-order chi connectivity index (χ0) is 13.8. The molecule has 1 aromatic carbocycles. The summed E-state index contributed by atoms with van der Waals surface area (Å²) in [6.07, 6.45) is 1.15. The Hall–Kier alpha value is -1.20. The number of likely N-dealkylation sites (N-methyl/N-ethyl adjacent to an activating group) is 1. The number of hydrogen-bond donors (Lipinski definition) is 1. The first-order valence-corrected chi connectivity index (χ1v) is 6.56. The Bertz CT molecular complexity index is 397. The fraction of sp³-hybridized carbons (Fsp3) is 0.571. The summed E-state index contributed by atoms with van der Waals surface area (Å²) in [6, 6.07) is 7.75. The van der Waals surface area contributed by atoms with Crippen LogP contribution < -0.4 is 10.1 Å². The van der Waals surface area contributed by atoms with Crippen molar-refractivity contribution in [1.82, 2.24) is 10.2 Å². The van der Waals surface area contributed by atoms with Gasteiger partial charge in [-0.15, -0.1) is 0 Å². The average Bonchev–Trinajstić information content (AvgIpc) is 2.87. The van der Waals surface area contributed by atoms with Crippen molar-refractivity contribution >= 4 is 0 Å². The summed E-state index contributed by atoms with van der Waals surface area (Å²) in [5.41, 5.74) is 1.12. The van der Waals surface area contributed by atoms with E-state index in [2.05, 4.69) is 21.9 Å². The van der Waals surface area contributed by atoms with E-state index in [0.29, 0.717) is 12.1 Å². The van der Waals surface area contributed by atoms with Crippen molar-refractivity contribution in [3.05, 3.63) is 29.8 Å². The second-order valence-electron chi connectivity index (χ2n) is 4.89. The minimum Gasteiger partial charge on any atom is -0.435 e. The molecule has 0 amide bonds. The number of benzene rings is 1. The van der Waals surface area contributed by atoms with E-state index in [-0.39, 0.29) is 5.75 Å². The first-order chi connectivity index (χ1) is 9.10. The molecule has 0 radical (unpaired) electrons. The van der Waals surface area contributed by atoms with Crippen LogP contribution in [0, 0.1) is 0 Å². The Balaban J connectivity index is 1.97. The lowest BCUT2D eigenvalue weighted by Crippen LogP contribution is -2.31. The molecule has 1 saturated heterocycles. The molecule has 2 atom stereocenters. The SMILES string of the molecule is CNC1CCN(C(C)c2ccc(OC(F)F)cc2)C1. The van der Waals surface area contributed by atoms with Crippen molar-refractivity contribution in [2.45, 2.75) is 32.0 Å². The molecule has 1 N–H and O–H groups in total. The largest absolute Gasteiger partial charge is 0.435 e. The van der Waals surface area contributed by atoms with E-state index in [1.54, 1.807) is 12.1 Å². The molecule has 0 bridgehead atoms. The molecule has 3 nitrogen and oxygen atoms in total. The van der Waals surface area contributed by atoms with Crippen molar-refractivity contribution in [2.24, 2.45) is 0 Å². The summed E-state index contributed by atoms with van der Waals surface area (Å²) >= 11 is 0. The van der Waals surface area contributed by atoms with Crippen LogP contribution >= 0.6 is 0 Å². The van der Waals surface area contributed by atoms with E-state index in [0.717, 1.165) is 25.1 Å². The Kier molecular flexibility index (Phi) is 4.71. The summed E-state index contributed by atoms with van der Waals surface area (Å²) in [7, 11) is 1.98. The molecule has 2 unspecified atom stereocenters. The number of hydrogen-bond acceptors (Lipinski definition) is 3. The van der Waals surface area contributed by atoms with Gasteiger partial charge in [-0.3, -0.25) is 4.90 Å². The van der Waals surface area contributed by atoms with Gasteiger partial charge in [0.2, 0.25) is 0 Å². The Labute approximate surface area is 112 Å². The number of ether oxygens (including phenoxy) is 1. The van der Waals surface area contributed by atoms with E-state index < -0.39 is 6.61 Å². The second-order valence-corrected chi connectivity index (χ2v) is 4.89. The lowest BCUT2D eigenvalue weighted by Gasteiger charge is -2.24. The number of nitrogens with one attached hydrogen (secondary N) is 1. The van der Waals surface area contributed by atoms with Gasteiger partial charge in [-0.2, -0.15) is 8.78 Å². The summed E-state index contributed by atoms with van der Waals surface area (Å²) in [5.74, 6) is 0.209. The van der Waals surface area contributed by atoms with Crippen molar-refractivity contribution < 1.29 is 13.5 Å². The van der Waals surface area contributed by atoms with Gasteiger partial charge in [0.25, 0.3) is 0 Å². The van der Waals surface area contributed by atoms with Crippen molar-refractivity contribution in [3.63, 3.8) is 0 Å². The normalized spacial score (nSPS) is 21.8. The number of alkyl halides is 2. The molecule has 1 aliphatic rings. The van der Waals surface area contributed by atoms with Crippen LogP contribution in [0.3, 0.4) is 0 Å². The summed E-state index contributed by atoms with van der Waals surface area (Å²) in [5, 5.41) is 3.29. The molecule has 0 spiro atoms. The number of likely N-dealkylation sites (tertiary alicyclic amines) is 1. The van der Waals surface area contributed by atoms with Crippen LogP contribution in [-0.2, 0) is 0 Å². The maximum Gasteiger partial charge on any atom is 0.387 e. The molecule has 0 aromatic heterocycles. The highest BCUT2D eigenvalue weighted by Gasteiger charge is 2.25. The minimum atomic E-state index is -2.77. The van der Waals surface area contributed by atoms with Gasteiger partial charge in [0, 0.05) is 25.2 Å². The molecule has 1 heterocycles. The number of rotatable bonds is 5. The molecule has 1 aromatic rings. The molecule has 0 saturated carbocycles. The highest BCUT2D eigenvalue weighted by molar-refractivity contribution is 5.29. The second kappa shape index (κ2) is 6.30. The van der Waals surface area contributed by atoms with E-state index in [1.165, 1.54) is 0 Å². The van der Waals surface area contributed by atoms with Gasteiger partial charge >= 0.3 is 6.61 Å². The maximum atomic E-state index is 12.1. The van der Waals surface area contributed by atoms with Crippen molar-refractivity contribution in [3.8, 4) is 5.75 Å². The average molecular weight is 270 g/mol. The van der Waals surface area contributed by atoms with Crippen molar-refractivity contribution in [2.75, 3.05) is 20.1 Å². The highest BCUT2D eigenvalue weighted by Crippen LogP contribution is 2.26. The quantitative estimate of drug-likeness (QED) is 0.890. The van der Waals surface area contributed by atoms with Gasteiger partial charge in [0.15, 0.2) is 0 Å². The van der Waals surface area contributed by atoms with Crippen LogP contribution in [0.4, 0.5) is 8.78 Å². The fourth-order valence-electron chi connectivity index (χ4n) is 2.51. The number of nitrogens with zero attached hydrogens (tertiary/aromatic N) is 1. The smallest absolute Gasteiger partial charge is 0.387 e. The lowest BCUT2D eigenvalue weighted by molar-refractivity contribution is -0.0498. The van der Waals surface area contributed by atoms with Gasteiger partial charge in [-0.25, -0.2) is 0 Å². The van der Waals surface area contributed by atoms with Crippen LogP contribution in [0.15, 0.2) is 24.3 Å². The van der Waals surface area contributed by atoms with Gasteiger partial charge in [0.1, 0.15) is 5.75 Å². The number of halogens is 2. The summed E-state index contributed by atoms with van der Waals surface area (Å²) in [4.78, 5) is 2.39. The monoisotopic (exact) mass is 270 g/mol. The standard InChI is InChI=1S/C14H20F2N2O/c1-10(18-8-7-12(9-18)17-2)11-3-5-13(6-4-11)19-14(15)16/h3-6,10,12,14,17H,7-9H2,1-2H3. The Morgan fingerprint density at radius 3 is 2.53 bits per heavy atom. The van der Waals surface area contributed by atoms with E-state index in [9.17, 15) is 8.78 Å². The predicted molar refractivity (Wildman–Crippen MR) is 70.5 cm³/mol. The maximum absolute atomic E-state index is 12.1. The first-order valence-electron chi connectivity index (χ1n) is 6.56. The lowest BCUT2D eigenvalue weighted by atomic mass is 10.1. The molecular weight excluding hydrogens is 250 g/mol. The van der Waals surface area contributed by atoms with E-state index in [1.807, 2.05) is 19.2 Å². The van der Waals surface area contributed by atoms with Gasteiger partial charge in [0.05, 0.1) is 0 Å². The molecule has 106 valence electrons. The first kappa shape index (κ1) is 14.2. The molecule has 2 rings (SSSR count). The van der Waals surface area contributed by atoms with Crippen LogP contribution in [0.5, 0.6) is 5.75 Å². The topological polar surface area (TPSA) is 24.5 Å². The molecular formula is C14H20F2N2O. The van der Waals surface area contributed by atoms with Crippen LogP contribution in [-0.4, -0.2) is 37.7 Å². The Morgan fingerprint density at radius 1 is 1.32 bits per heavy atom. The molecule has 1 aliphatic heterocycles. The zero-order valence-corrected chi connectivity index (χ0v) is 11.3. The molecule has 0 aliphatic carbocycles.